The molecule has 9 heavy (non-hydrogen) atoms. The quantitative estimate of drug-likeness (QED) is 0.570. The molecule has 1 rings (SSSR count). The fourth-order valence-corrected chi connectivity index (χ4v) is 0.417. The van der Waals surface area contributed by atoms with Crippen molar-refractivity contribution in [2.45, 2.75) is 13.3 Å². The second-order valence-electron chi connectivity index (χ2n) is 1.52. The lowest BCUT2D eigenvalue weighted by molar-refractivity contribution is 0.815. The first kappa shape index (κ1) is 5.94. The SMILES string of the molecule is CCC=Cn1[c]nnn1. The standard InChI is InChI=1S/C5H7N4/c1-2-3-4-9-5-6-7-8-9/h3-4H,2H2,1H3. The molecular formula is C5H7N4. The van der Waals surface area contributed by atoms with Crippen LogP contribution in [0.4, 0.5) is 0 Å². The van der Waals surface area contributed by atoms with E-state index in [0.717, 1.165) is 6.42 Å². The summed E-state index contributed by atoms with van der Waals surface area (Å²) in [6.45, 7) is 2.04. The molecule has 0 N–H and O–H groups in total. The van der Waals surface area contributed by atoms with Gasteiger partial charge < -0.3 is 0 Å². The Labute approximate surface area is 53.2 Å². The third-order valence-corrected chi connectivity index (χ3v) is 0.811. The molecule has 47 valence electrons. The van der Waals surface area contributed by atoms with E-state index in [0.29, 0.717) is 0 Å². The van der Waals surface area contributed by atoms with Crippen molar-refractivity contribution in [1.82, 2.24) is 20.2 Å². The fraction of sp³-hybridized carbons (Fsp3) is 0.400. The van der Waals surface area contributed by atoms with Crippen LogP contribution in [0.15, 0.2) is 6.08 Å². The van der Waals surface area contributed by atoms with Crippen LogP contribution in [0.2, 0.25) is 0 Å². The highest BCUT2D eigenvalue weighted by Crippen LogP contribution is 1.81. The fourth-order valence-electron chi connectivity index (χ4n) is 0.417. The molecular weight excluding hydrogens is 116 g/mol. The van der Waals surface area contributed by atoms with Gasteiger partial charge in [0.1, 0.15) is 0 Å². The first-order valence-electron chi connectivity index (χ1n) is 2.75. The van der Waals surface area contributed by atoms with Gasteiger partial charge in [0, 0.05) is 6.20 Å². The van der Waals surface area contributed by atoms with Gasteiger partial charge in [0.05, 0.1) is 0 Å². The Morgan fingerprint density at radius 2 is 2.56 bits per heavy atom. The molecule has 0 atom stereocenters. The summed E-state index contributed by atoms with van der Waals surface area (Å²) in [6, 6.07) is 0. The minimum Gasteiger partial charge on any atom is -0.197 e. The number of rotatable bonds is 2. The third kappa shape index (κ3) is 1.64. The van der Waals surface area contributed by atoms with Crippen molar-refractivity contribution < 1.29 is 0 Å². The summed E-state index contributed by atoms with van der Waals surface area (Å²) in [5.74, 6) is 0. The molecule has 1 aromatic rings. The van der Waals surface area contributed by atoms with Gasteiger partial charge in [-0.15, -0.1) is 5.10 Å². The molecule has 0 aromatic carbocycles. The van der Waals surface area contributed by atoms with Gasteiger partial charge >= 0.3 is 0 Å². The van der Waals surface area contributed by atoms with Crippen molar-refractivity contribution in [2.75, 3.05) is 0 Å². The van der Waals surface area contributed by atoms with Gasteiger partial charge in [-0.3, -0.25) is 0 Å². The minimum atomic E-state index is 0.980. The molecule has 0 aliphatic carbocycles. The lowest BCUT2D eigenvalue weighted by atomic mass is 10.5. The molecule has 0 amide bonds. The second-order valence-corrected chi connectivity index (χ2v) is 1.52. The first-order chi connectivity index (χ1) is 4.43. The van der Waals surface area contributed by atoms with E-state index in [4.69, 9.17) is 0 Å². The highest BCUT2D eigenvalue weighted by molar-refractivity contribution is 5.16. The van der Waals surface area contributed by atoms with Crippen molar-refractivity contribution in [3.63, 3.8) is 0 Å². The van der Waals surface area contributed by atoms with Crippen LogP contribution in [0.5, 0.6) is 0 Å². The van der Waals surface area contributed by atoms with Crippen LogP contribution in [0, 0.1) is 6.33 Å². The Balaban J connectivity index is 2.57. The zero-order valence-electron chi connectivity index (χ0n) is 5.15. The Morgan fingerprint density at radius 1 is 1.67 bits per heavy atom. The van der Waals surface area contributed by atoms with Gasteiger partial charge in [-0.2, -0.15) is 4.68 Å². The summed E-state index contributed by atoms with van der Waals surface area (Å²) in [4.78, 5) is 0. The van der Waals surface area contributed by atoms with E-state index in [9.17, 15) is 0 Å². The molecule has 1 heterocycles. The highest BCUT2D eigenvalue weighted by atomic mass is 15.5. The molecule has 1 radical (unpaired) electrons. The molecule has 4 nitrogen and oxygen atoms in total. The van der Waals surface area contributed by atoms with E-state index >= 15 is 0 Å². The molecule has 0 bridgehead atoms. The predicted molar refractivity (Wildman–Crippen MR) is 32.3 cm³/mol. The molecule has 0 fully saturated rings. The molecule has 0 aliphatic rings. The number of aromatic nitrogens is 4. The van der Waals surface area contributed by atoms with E-state index < -0.39 is 0 Å². The van der Waals surface area contributed by atoms with Gasteiger partial charge in [-0.1, -0.05) is 13.0 Å². The first-order valence-corrected chi connectivity index (χ1v) is 2.75. The number of allylic oxidation sites excluding steroid dienone is 1. The Morgan fingerprint density at radius 3 is 3.11 bits per heavy atom. The van der Waals surface area contributed by atoms with Crippen LogP contribution < -0.4 is 0 Å². The van der Waals surface area contributed by atoms with Gasteiger partial charge in [-0.05, 0) is 16.8 Å². The highest BCUT2D eigenvalue weighted by Gasteiger charge is 1.81. The molecule has 0 unspecified atom stereocenters. The molecule has 4 heteroatoms. The normalized spacial score (nSPS) is 10.8. The summed E-state index contributed by atoms with van der Waals surface area (Å²) >= 11 is 0. The van der Waals surface area contributed by atoms with Crippen molar-refractivity contribution in [3.05, 3.63) is 12.4 Å². The number of hydrogen-bond acceptors (Lipinski definition) is 3. The summed E-state index contributed by atoms with van der Waals surface area (Å²) in [5.41, 5.74) is 0. The minimum absolute atomic E-state index is 0.980. The third-order valence-electron chi connectivity index (χ3n) is 0.811. The van der Waals surface area contributed by atoms with Crippen molar-refractivity contribution in [3.8, 4) is 0 Å². The molecule has 0 saturated heterocycles. The van der Waals surface area contributed by atoms with Crippen LogP contribution in [0.1, 0.15) is 13.3 Å². The smallest absolute Gasteiger partial charge is 0.197 e. The van der Waals surface area contributed by atoms with Gasteiger partial charge in [0.2, 0.25) is 6.33 Å². The van der Waals surface area contributed by atoms with Crippen LogP contribution in [-0.2, 0) is 0 Å². The van der Waals surface area contributed by atoms with Gasteiger partial charge in [0.15, 0.2) is 0 Å². The molecule has 0 saturated carbocycles. The van der Waals surface area contributed by atoms with E-state index in [1.54, 1.807) is 6.20 Å². The summed E-state index contributed by atoms with van der Waals surface area (Å²) < 4.78 is 1.43. The van der Waals surface area contributed by atoms with Crippen LogP contribution in [0.25, 0.3) is 6.20 Å². The van der Waals surface area contributed by atoms with Gasteiger partial charge in [0.25, 0.3) is 0 Å². The average Bonchev–Trinajstić information content (AvgIpc) is 2.34. The van der Waals surface area contributed by atoms with Crippen LogP contribution in [-0.4, -0.2) is 20.2 Å². The number of hydrogen-bond donors (Lipinski definition) is 0. The maximum atomic E-state index is 3.57. The maximum absolute atomic E-state index is 3.57. The monoisotopic (exact) mass is 123 g/mol. The lowest BCUT2D eigenvalue weighted by Crippen LogP contribution is -1.85. The Bertz CT molecular complexity index is 177. The summed E-state index contributed by atoms with van der Waals surface area (Å²) in [7, 11) is 0. The average molecular weight is 123 g/mol. The zero-order chi connectivity index (χ0) is 6.53. The summed E-state index contributed by atoms with van der Waals surface area (Å²) in [6.07, 6.45) is 7.22. The molecule has 1 aromatic heterocycles. The predicted octanol–water partition coefficient (Wildman–Crippen LogP) is 0.354. The lowest BCUT2D eigenvalue weighted by Gasteiger charge is -1.80. The van der Waals surface area contributed by atoms with Crippen molar-refractivity contribution >= 4 is 6.20 Å². The second kappa shape index (κ2) is 2.96. The topological polar surface area (TPSA) is 43.6 Å². The largest absolute Gasteiger partial charge is 0.226 e. The van der Waals surface area contributed by atoms with Gasteiger partial charge in [-0.25, -0.2) is 0 Å². The van der Waals surface area contributed by atoms with E-state index in [2.05, 4.69) is 21.9 Å². The zero-order valence-corrected chi connectivity index (χ0v) is 5.15. The number of tetrazole rings is 1. The van der Waals surface area contributed by atoms with Crippen LogP contribution >= 0.6 is 0 Å². The van der Waals surface area contributed by atoms with Crippen molar-refractivity contribution in [2.24, 2.45) is 0 Å². The van der Waals surface area contributed by atoms with Crippen molar-refractivity contribution in [1.29, 1.82) is 0 Å². The van der Waals surface area contributed by atoms with E-state index in [-0.39, 0.29) is 0 Å². The van der Waals surface area contributed by atoms with E-state index in [1.807, 2.05) is 13.0 Å². The number of nitrogens with zero attached hydrogens (tertiary/aromatic N) is 4. The Kier molecular flexibility index (Phi) is 1.95. The summed E-state index contributed by atoms with van der Waals surface area (Å²) in [5, 5.41) is 10.3. The van der Waals surface area contributed by atoms with E-state index in [1.165, 1.54) is 4.68 Å². The molecule has 0 spiro atoms. The Hall–Kier alpha value is -1.19. The molecule has 0 aliphatic heterocycles. The van der Waals surface area contributed by atoms with Crippen LogP contribution in [0.3, 0.4) is 0 Å². The maximum Gasteiger partial charge on any atom is 0.226 e.